The first-order chi connectivity index (χ1) is 17.2. The number of ether oxygens (including phenoxy) is 3. The van der Waals surface area contributed by atoms with Crippen molar-refractivity contribution in [2.24, 2.45) is 5.92 Å². The standard InChI is InChI=1S/C22H37N5O9/c1-4-23-21(32)35-13-16(14-36-22(33)24-5-2)34-11-7-18(29)26-9-8-25-17(28)6-10-27-19(30)12-15(3)20(27)31/h15-16H,4-14H2,1-3H3,(H,23,32)(H,24,33)(H,25,28)(H,26,29). The Balaban J connectivity index is 2.24. The number of nitrogens with zero attached hydrogens (tertiary/aromatic N) is 1. The molecule has 36 heavy (non-hydrogen) atoms. The minimum absolute atomic E-state index is 0.00979. The van der Waals surface area contributed by atoms with E-state index in [1.807, 2.05) is 0 Å². The van der Waals surface area contributed by atoms with Crippen molar-refractivity contribution in [1.82, 2.24) is 26.2 Å². The molecule has 0 radical (unpaired) electrons. The van der Waals surface area contributed by atoms with Gasteiger partial charge in [0.25, 0.3) is 0 Å². The van der Waals surface area contributed by atoms with Gasteiger partial charge in [0.2, 0.25) is 23.6 Å². The fourth-order valence-electron chi connectivity index (χ4n) is 3.07. The SMILES string of the molecule is CCNC(=O)OCC(COC(=O)NCC)OCCC(=O)NCCNC(=O)CCN1C(=O)CC(C)C1=O. The van der Waals surface area contributed by atoms with Crippen molar-refractivity contribution in [3.8, 4) is 0 Å². The third-order valence-corrected chi connectivity index (χ3v) is 4.93. The Kier molecular flexibility index (Phi) is 14.5. The summed E-state index contributed by atoms with van der Waals surface area (Å²) in [4.78, 5) is 71.5. The lowest BCUT2D eigenvalue weighted by atomic mass is 10.1. The van der Waals surface area contributed by atoms with Gasteiger partial charge in [-0.05, 0) is 13.8 Å². The van der Waals surface area contributed by atoms with E-state index in [0.29, 0.717) is 13.1 Å². The van der Waals surface area contributed by atoms with Gasteiger partial charge in [-0.3, -0.25) is 24.1 Å². The first-order valence-corrected chi connectivity index (χ1v) is 12.0. The van der Waals surface area contributed by atoms with Crippen molar-refractivity contribution in [1.29, 1.82) is 0 Å². The minimum atomic E-state index is -0.764. The number of alkyl carbamates (subject to hydrolysis) is 2. The fourth-order valence-corrected chi connectivity index (χ4v) is 3.07. The minimum Gasteiger partial charge on any atom is -0.447 e. The molecule has 0 aromatic heterocycles. The summed E-state index contributed by atoms with van der Waals surface area (Å²) >= 11 is 0. The maximum Gasteiger partial charge on any atom is 0.407 e. The molecule has 4 N–H and O–H groups in total. The zero-order valence-corrected chi connectivity index (χ0v) is 21.1. The summed E-state index contributed by atoms with van der Waals surface area (Å²) in [7, 11) is 0. The largest absolute Gasteiger partial charge is 0.447 e. The smallest absolute Gasteiger partial charge is 0.407 e. The topological polar surface area (TPSA) is 181 Å². The number of imide groups is 1. The molecule has 0 aromatic rings. The molecular formula is C22H37N5O9. The van der Waals surface area contributed by atoms with Crippen LogP contribution in [-0.4, -0.2) is 99.4 Å². The molecule has 6 amide bonds. The molecule has 14 heteroatoms. The highest BCUT2D eigenvalue weighted by molar-refractivity contribution is 6.03. The fraction of sp³-hybridized carbons (Fsp3) is 0.727. The van der Waals surface area contributed by atoms with Crippen LogP contribution in [0.25, 0.3) is 0 Å². The molecule has 0 saturated carbocycles. The zero-order valence-electron chi connectivity index (χ0n) is 21.1. The van der Waals surface area contributed by atoms with E-state index in [1.165, 1.54) is 0 Å². The second-order valence-electron chi connectivity index (χ2n) is 7.94. The van der Waals surface area contributed by atoms with E-state index in [0.717, 1.165) is 4.90 Å². The normalized spacial score (nSPS) is 15.0. The Hall–Kier alpha value is -3.42. The number of hydrogen-bond acceptors (Lipinski definition) is 9. The predicted octanol–water partition coefficient (Wildman–Crippen LogP) is -0.729. The number of likely N-dealkylation sites (tertiary alicyclic amines) is 1. The van der Waals surface area contributed by atoms with Crippen LogP contribution in [0.15, 0.2) is 0 Å². The quantitative estimate of drug-likeness (QED) is 0.152. The molecule has 1 heterocycles. The average Bonchev–Trinajstić information content (AvgIpc) is 3.07. The number of amides is 6. The molecule has 1 aliphatic heterocycles. The van der Waals surface area contributed by atoms with Crippen molar-refractivity contribution in [2.45, 2.75) is 46.1 Å². The molecule has 0 bridgehead atoms. The third kappa shape index (κ3) is 12.3. The van der Waals surface area contributed by atoms with Crippen LogP contribution in [0.2, 0.25) is 0 Å². The highest BCUT2D eigenvalue weighted by Crippen LogP contribution is 2.18. The van der Waals surface area contributed by atoms with E-state index < -0.39 is 18.3 Å². The molecule has 14 nitrogen and oxygen atoms in total. The molecule has 0 aromatic carbocycles. The number of rotatable bonds is 16. The van der Waals surface area contributed by atoms with Crippen LogP contribution in [0.5, 0.6) is 0 Å². The summed E-state index contributed by atoms with van der Waals surface area (Å²) < 4.78 is 15.5. The first kappa shape index (κ1) is 30.6. The molecule has 1 fully saturated rings. The zero-order chi connectivity index (χ0) is 26.9. The van der Waals surface area contributed by atoms with Gasteiger partial charge in [-0.25, -0.2) is 9.59 Å². The van der Waals surface area contributed by atoms with Gasteiger partial charge in [0.05, 0.1) is 6.61 Å². The van der Waals surface area contributed by atoms with Gasteiger partial charge in [0.1, 0.15) is 19.3 Å². The Morgan fingerprint density at radius 3 is 1.89 bits per heavy atom. The third-order valence-electron chi connectivity index (χ3n) is 4.93. The van der Waals surface area contributed by atoms with Crippen LogP contribution in [0.4, 0.5) is 9.59 Å². The van der Waals surface area contributed by atoms with Crippen molar-refractivity contribution in [3.05, 3.63) is 0 Å². The summed E-state index contributed by atoms with van der Waals surface area (Å²) in [5.41, 5.74) is 0. The molecule has 1 rings (SSSR count). The van der Waals surface area contributed by atoms with Crippen LogP contribution in [-0.2, 0) is 33.4 Å². The Labute approximate surface area is 210 Å². The Bertz CT molecular complexity index is 755. The number of nitrogens with one attached hydrogen (secondary N) is 4. The first-order valence-electron chi connectivity index (χ1n) is 12.0. The second-order valence-corrected chi connectivity index (χ2v) is 7.94. The molecule has 1 aliphatic rings. The molecule has 1 saturated heterocycles. The van der Waals surface area contributed by atoms with Gasteiger partial charge in [-0.2, -0.15) is 0 Å². The summed E-state index contributed by atoms with van der Waals surface area (Å²) in [6.45, 7) is 5.93. The van der Waals surface area contributed by atoms with E-state index in [9.17, 15) is 28.8 Å². The molecule has 0 aliphatic carbocycles. The average molecular weight is 516 g/mol. The molecule has 1 unspecified atom stereocenters. The molecule has 204 valence electrons. The second kappa shape index (κ2) is 17.1. The molecule has 0 spiro atoms. The summed E-state index contributed by atoms with van der Waals surface area (Å²) in [5.74, 6) is -1.56. The lowest BCUT2D eigenvalue weighted by Crippen LogP contribution is -2.38. The van der Waals surface area contributed by atoms with Crippen LogP contribution < -0.4 is 21.3 Å². The highest BCUT2D eigenvalue weighted by atomic mass is 16.6. The van der Waals surface area contributed by atoms with Gasteiger partial charge in [0, 0.05) is 57.9 Å². The maximum absolute atomic E-state index is 12.0. The van der Waals surface area contributed by atoms with Crippen molar-refractivity contribution in [2.75, 3.05) is 52.5 Å². The van der Waals surface area contributed by atoms with Gasteiger partial charge >= 0.3 is 12.2 Å². The summed E-state index contributed by atoms with van der Waals surface area (Å²) in [5, 5.41) is 10.2. The van der Waals surface area contributed by atoms with Crippen molar-refractivity contribution >= 4 is 35.8 Å². The molecule has 1 atom stereocenters. The van der Waals surface area contributed by atoms with Gasteiger partial charge in [-0.15, -0.1) is 0 Å². The summed E-state index contributed by atoms with van der Waals surface area (Å²) in [6.07, 6.45) is -1.90. The van der Waals surface area contributed by atoms with Gasteiger partial charge < -0.3 is 35.5 Å². The number of carbonyl (C=O) groups excluding carboxylic acids is 6. The highest BCUT2D eigenvalue weighted by Gasteiger charge is 2.35. The van der Waals surface area contributed by atoms with E-state index in [4.69, 9.17) is 14.2 Å². The van der Waals surface area contributed by atoms with E-state index in [-0.39, 0.29) is 88.3 Å². The van der Waals surface area contributed by atoms with Crippen molar-refractivity contribution < 1.29 is 43.0 Å². The van der Waals surface area contributed by atoms with E-state index >= 15 is 0 Å². The van der Waals surface area contributed by atoms with Crippen LogP contribution in [0.1, 0.15) is 40.0 Å². The Morgan fingerprint density at radius 1 is 0.889 bits per heavy atom. The Morgan fingerprint density at radius 2 is 1.42 bits per heavy atom. The van der Waals surface area contributed by atoms with Crippen LogP contribution in [0, 0.1) is 5.92 Å². The summed E-state index contributed by atoms with van der Waals surface area (Å²) in [6, 6.07) is 0. The van der Waals surface area contributed by atoms with E-state index in [2.05, 4.69) is 21.3 Å². The number of hydrogen-bond donors (Lipinski definition) is 4. The predicted molar refractivity (Wildman–Crippen MR) is 126 cm³/mol. The lowest BCUT2D eigenvalue weighted by molar-refractivity contribution is -0.139. The van der Waals surface area contributed by atoms with Crippen molar-refractivity contribution in [3.63, 3.8) is 0 Å². The monoisotopic (exact) mass is 515 g/mol. The van der Waals surface area contributed by atoms with Gasteiger partial charge in [-0.1, -0.05) is 6.92 Å². The van der Waals surface area contributed by atoms with Crippen LogP contribution >= 0.6 is 0 Å². The maximum atomic E-state index is 12.0. The van der Waals surface area contributed by atoms with Crippen LogP contribution in [0.3, 0.4) is 0 Å². The lowest BCUT2D eigenvalue weighted by Gasteiger charge is -2.18. The van der Waals surface area contributed by atoms with Gasteiger partial charge in [0.15, 0.2) is 0 Å². The number of carbonyl (C=O) groups is 6. The van der Waals surface area contributed by atoms with E-state index in [1.54, 1.807) is 20.8 Å². The molecular weight excluding hydrogens is 478 g/mol.